The van der Waals surface area contributed by atoms with Gasteiger partial charge in [-0.05, 0) is 56.3 Å². The maximum atomic E-state index is 13.2. The largest absolute Gasteiger partial charge is 0.508 e. The molecule has 0 radical (unpaired) electrons. The second kappa shape index (κ2) is 5.85. The van der Waals surface area contributed by atoms with Crippen LogP contribution in [-0.4, -0.2) is 45.6 Å². The van der Waals surface area contributed by atoms with Gasteiger partial charge in [-0.1, -0.05) is 0 Å². The van der Waals surface area contributed by atoms with Crippen LogP contribution >= 0.6 is 0 Å². The topological polar surface area (TPSA) is 69.9 Å². The molecule has 0 atom stereocenters. The van der Waals surface area contributed by atoms with Crippen LogP contribution in [0, 0.1) is 0 Å². The van der Waals surface area contributed by atoms with E-state index in [-0.39, 0.29) is 11.2 Å². The van der Waals surface area contributed by atoms with Crippen LogP contribution < -0.4 is 10.7 Å². The average molecular weight is 348 g/mol. The Morgan fingerprint density at radius 3 is 2.85 bits per heavy atom. The summed E-state index contributed by atoms with van der Waals surface area (Å²) in [4.78, 5) is 20.1. The molecule has 0 saturated carbocycles. The Bertz CT molecular complexity index is 1160. The van der Waals surface area contributed by atoms with Crippen molar-refractivity contribution in [1.29, 1.82) is 0 Å². The molecule has 132 valence electrons. The fourth-order valence-corrected chi connectivity index (χ4v) is 4.07. The number of phenolic OH excluding ortho intramolecular Hbond substituents is 1. The molecular formula is C20H20N4O2. The van der Waals surface area contributed by atoms with Gasteiger partial charge in [0.1, 0.15) is 12.1 Å². The number of fused-ring (bicyclic) bond motifs is 2. The Morgan fingerprint density at radius 2 is 2.00 bits per heavy atom. The first kappa shape index (κ1) is 15.4. The van der Waals surface area contributed by atoms with Crippen molar-refractivity contribution < 1.29 is 5.11 Å². The lowest BCUT2D eigenvalue weighted by molar-refractivity contribution is 0.353. The number of benzene rings is 2. The van der Waals surface area contributed by atoms with Gasteiger partial charge in [-0.2, -0.15) is 0 Å². The highest BCUT2D eigenvalue weighted by Crippen LogP contribution is 2.29. The lowest BCUT2D eigenvalue weighted by atomic mass is 10.1. The van der Waals surface area contributed by atoms with E-state index < -0.39 is 0 Å². The zero-order valence-corrected chi connectivity index (χ0v) is 14.4. The van der Waals surface area contributed by atoms with E-state index in [9.17, 15) is 9.90 Å². The van der Waals surface area contributed by atoms with Gasteiger partial charge in [0.15, 0.2) is 5.43 Å². The summed E-state index contributed by atoms with van der Waals surface area (Å²) in [6.45, 7) is 4.09. The smallest absolute Gasteiger partial charge is 0.199 e. The second-order valence-electron chi connectivity index (χ2n) is 6.98. The van der Waals surface area contributed by atoms with Gasteiger partial charge in [-0.3, -0.25) is 9.20 Å². The Hall–Kier alpha value is -2.86. The van der Waals surface area contributed by atoms with Crippen molar-refractivity contribution in [3.63, 3.8) is 0 Å². The molecule has 1 saturated heterocycles. The molecule has 5 rings (SSSR count). The maximum Gasteiger partial charge on any atom is 0.199 e. The highest BCUT2D eigenvalue weighted by molar-refractivity contribution is 6.07. The molecule has 0 bridgehead atoms. The third-order valence-corrected chi connectivity index (χ3v) is 5.36. The summed E-state index contributed by atoms with van der Waals surface area (Å²) < 4.78 is 1.94. The molecule has 6 heteroatoms. The predicted octanol–water partition coefficient (Wildman–Crippen LogP) is 2.65. The first-order chi connectivity index (χ1) is 12.7. The molecule has 1 aliphatic rings. The monoisotopic (exact) mass is 348 g/mol. The van der Waals surface area contributed by atoms with Crippen LogP contribution in [0.1, 0.15) is 12.8 Å². The molecule has 2 N–H and O–H groups in total. The van der Waals surface area contributed by atoms with E-state index in [4.69, 9.17) is 0 Å². The van der Waals surface area contributed by atoms with Crippen molar-refractivity contribution in [2.75, 3.05) is 31.5 Å². The Labute approximate surface area is 150 Å². The number of nitrogens with zero attached hydrogens (tertiary/aromatic N) is 3. The van der Waals surface area contributed by atoms with Crippen LogP contribution in [-0.2, 0) is 0 Å². The molecule has 4 aromatic rings. The standard InChI is InChI=1S/C20H20N4O2/c25-13-3-6-17-14(11-13)20(26)18-15(21-7-10-23-8-1-2-9-23)4-5-16-19(18)24(17)12-22-16/h3-6,11-12,21,25H,1-2,7-10H2. The quantitative estimate of drug-likeness (QED) is 0.555. The minimum absolute atomic E-state index is 0.0711. The van der Waals surface area contributed by atoms with E-state index in [2.05, 4.69) is 15.2 Å². The number of likely N-dealkylation sites (tertiary alicyclic amines) is 1. The number of aromatic nitrogens is 2. The van der Waals surface area contributed by atoms with E-state index in [0.717, 1.165) is 48.4 Å². The molecule has 0 unspecified atom stereocenters. The second-order valence-corrected chi connectivity index (χ2v) is 6.98. The summed E-state index contributed by atoms with van der Waals surface area (Å²) in [6.07, 6.45) is 4.29. The lowest BCUT2D eigenvalue weighted by Gasteiger charge is -2.16. The number of pyridine rings is 1. The minimum atomic E-state index is -0.0711. The minimum Gasteiger partial charge on any atom is -0.508 e. The van der Waals surface area contributed by atoms with Gasteiger partial charge < -0.3 is 15.3 Å². The van der Waals surface area contributed by atoms with Crippen LogP contribution in [0.3, 0.4) is 0 Å². The normalized spacial score (nSPS) is 15.5. The Kier molecular flexibility index (Phi) is 3.46. The number of nitrogens with one attached hydrogen (secondary N) is 1. The average Bonchev–Trinajstić information content (AvgIpc) is 3.30. The van der Waals surface area contributed by atoms with Crippen molar-refractivity contribution in [3.8, 4) is 5.75 Å². The number of imidazole rings is 1. The van der Waals surface area contributed by atoms with Gasteiger partial charge in [0.05, 0.1) is 27.3 Å². The highest BCUT2D eigenvalue weighted by Gasteiger charge is 2.17. The van der Waals surface area contributed by atoms with Crippen LogP contribution in [0.4, 0.5) is 5.69 Å². The molecule has 26 heavy (non-hydrogen) atoms. The van der Waals surface area contributed by atoms with Gasteiger partial charge >= 0.3 is 0 Å². The molecule has 1 aliphatic heterocycles. The fraction of sp³-hybridized carbons (Fsp3) is 0.300. The number of aromatic hydroxyl groups is 1. The van der Waals surface area contributed by atoms with E-state index in [1.54, 1.807) is 18.5 Å². The number of hydrogen-bond donors (Lipinski definition) is 2. The molecule has 3 heterocycles. The summed E-state index contributed by atoms with van der Waals surface area (Å²) >= 11 is 0. The van der Waals surface area contributed by atoms with E-state index in [1.807, 2.05) is 16.5 Å². The molecule has 2 aromatic heterocycles. The van der Waals surface area contributed by atoms with E-state index in [0.29, 0.717) is 10.8 Å². The summed E-state index contributed by atoms with van der Waals surface area (Å²) in [7, 11) is 0. The van der Waals surface area contributed by atoms with Gasteiger partial charge in [0.25, 0.3) is 0 Å². The first-order valence-corrected chi connectivity index (χ1v) is 9.07. The van der Waals surface area contributed by atoms with Crippen LogP contribution in [0.25, 0.3) is 27.3 Å². The zero-order valence-electron chi connectivity index (χ0n) is 14.4. The van der Waals surface area contributed by atoms with Crippen molar-refractivity contribution in [1.82, 2.24) is 14.3 Å². The SMILES string of the molecule is O=c1c2cc(O)ccc2n2cnc3ccc(NCCN4CCCC4)c1c32. The Morgan fingerprint density at radius 1 is 1.15 bits per heavy atom. The maximum absolute atomic E-state index is 13.2. The first-order valence-electron chi connectivity index (χ1n) is 9.07. The van der Waals surface area contributed by atoms with Crippen molar-refractivity contribution in [2.24, 2.45) is 0 Å². The molecule has 0 spiro atoms. The summed E-state index contributed by atoms with van der Waals surface area (Å²) in [6, 6.07) is 8.78. The summed E-state index contributed by atoms with van der Waals surface area (Å²) in [5.74, 6) is 0.0939. The summed E-state index contributed by atoms with van der Waals surface area (Å²) in [5, 5.41) is 14.4. The molecule has 6 nitrogen and oxygen atoms in total. The van der Waals surface area contributed by atoms with Crippen LogP contribution in [0.15, 0.2) is 41.5 Å². The predicted molar refractivity (Wildman–Crippen MR) is 103 cm³/mol. The van der Waals surface area contributed by atoms with Gasteiger partial charge in [-0.25, -0.2) is 4.98 Å². The van der Waals surface area contributed by atoms with E-state index >= 15 is 0 Å². The number of rotatable bonds is 4. The van der Waals surface area contributed by atoms with Crippen molar-refractivity contribution in [2.45, 2.75) is 12.8 Å². The zero-order chi connectivity index (χ0) is 17.7. The third kappa shape index (κ3) is 2.29. The Balaban J connectivity index is 1.64. The van der Waals surface area contributed by atoms with Crippen molar-refractivity contribution >= 4 is 33.0 Å². The van der Waals surface area contributed by atoms with E-state index in [1.165, 1.54) is 18.9 Å². The van der Waals surface area contributed by atoms with Crippen molar-refractivity contribution in [3.05, 3.63) is 46.9 Å². The fourth-order valence-electron chi connectivity index (χ4n) is 4.07. The molecule has 0 aliphatic carbocycles. The number of phenols is 1. The number of anilines is 1. The molecule has 2 aromatic carbocycles. The van der Waals surface area contributed by atoms with Crippen LogP contribution in [0.2, 0.25) is 0 Å². The molecule has 1 fully saturated rings. The molecule has 0 amide bonds. The van der Waals surface area contributed by atoms with Gasteiger partial charge in [0, 0.05) is 18.8 Å². The van der Waals surface area contributed by atoms with Crippen LogP contribution in [0.5, 0.6) is 5.75 Å². The lowest BCUT2D eigenvalue weighted by Crippen LogP contribution is -2.26. The van der Waals surface area contributed by atoms with Gasteiger partial charge in [0.2, 0.25) is 0 Å². The molecular weight excluding hydrogens is 328 g/mol. The summed E-state index contributed by atoms with van der Waals surface area (Å²) in [5.41, 5.74) is 3.16. The third-order valence-electron chi connectivity index (χ3n) is 5.36. The van der Waals surface area contributed by atoms with Gasteiger partial charge in [-0.15, -0.1) is 0 Å². The number of hydrogen-bond acceptors (Lipinski definition) is 5. The highest BCUT2D eigenvalue weighted by atomic mass is 16.3.